The van der Waals surface area contributed by atoms with E-state index >= 15 is 0 Å². The van der Waals surface area contributed by atoms with Gasteiger partial charge in [0.2, 0.25) is 5.91 Å². The van der Waals surface area contributed by atoms with Crippen molar-refractivity contribution < 1.29 is 4.79 Å². The van der Waals surface area contributed by atoms with Crippen LogP contribution in [0, 0.1) is 18.8 Å². The lowest BCUT2D eigenvalue weighted by Gasteiger charge is -2.31. The quantitative estimate of drug-likeness (QED) is 0.859. The number of nitrogens with zero attached hydrogens (tertiary/aromatic N) is 1. The van der Waals surface area contributed by atoms with Gasteiger partial charge in [0.05, 0.1) is 10.7 Å². The Balaban J connectivity index is 1.61. The number of rotatable bonds is 6. The number of hydrogen-bond acceptors (Lipinski definition) is 3. The van der Waals surface area contributed by atoms with Gasteiger partial charge in [-0.15, -0.1) is 11.3 Å². The zero-order valence-electron chi connectivity index (χ0n) is 13.5. The van der Waals surface area contributed by atoms with Gasteiger partial charge >= 0.3 is 0 Å². The molecule has 1 amide bonds. The molecule has 0 aromatic carbocycles. The fraction of sp³-hybridized carbons (Fsp3) is 0.765. The molecule has 1 saturated carbocycles. The van der Waals surface area contributed by atoms with Gasteiger partial charge in [-0.05, 0) is 57.3 Å². The summed E-state index contributed by atoms with van der Waals surface area (Å²) in [7, 11) is 0. The molecule has 3 nitrogen and oxygen atoms in total. The Bertz CT molecular complexity index is 447. The van der Waals surface area contributed by atoms with E-state index in [9.17, 15) is 4.79 Å². The SMILES string of the molecule is Cc1nc(CCCC(=O)NC2CCC(C(C)C)CC2)cs1. The maximum Gasteiger partial charge on any atom is 0.220 e. The highest BCUT2D eigenvalue weighted by Gasteiger charge is 2.23. The largest absolute Gasteiger partial charge is 0.353 e. The first-order valence-corrected chi connectivity index (χ1v) is 9.13. The van der Waals surface area contributed by atoms with Gasteiger partial charge in [-0.25, -0.2) is 4.98 Å². The monoisotopic (exact) mass is 308 g/mol. The predicted octanol–water partition coefficient (Wildman–Crippen LogP) is 4.11. The van der Waals surface area contributed by atoms with Crippen LogP contribution in [0.1, 0.15) is 63.1 Å². The van der Waals surface area contributed by atoms with Crippen LogP contribution in [0.3, 0.4) is 0 Å². The molecule has 118 valence electrons. The molecule has 1 N–H and O–H groups in total. The molecule has 0 atom stereocenters. The van der Waals surface area contributed by atoms with Crippen molar-refractivity contribution in [3.8, 4) is 0 Å². The lowest BCUT2D eigenvalue weighted by atomic mass is 9.79. The Morgan fingerprint density at radius 3 is 2.67 bits per heavy atom. The molecule has 1 aliphatic rings. The van der Waals surface area contributed by atoms with Gasteiger partial charge < -0.3 is 5.32 Å². The van der Waals surface area contributed by atoms with Crippen LogP contribution in [0.2, 0.25) is 0 Å². The minimum absolute atomic E-state index is 0.218. The van der Waals surface area contributed by atoms with E-state index in [0.29, 0.717) is 12.5 Å². The molecule has 0 unspecified atom stereocenters. The standard InChI is InChI=1S/C17H28N2OS/c1-12(2)14-7-9-15(10-8-14)19-17(20)6-4-5-16-11-21-13(3)18-16/h11-12,14-15H,4-10H2,1-3H3,(H,19,20). The Morgan fingerprint density at radius 2 is 2.10 bits per heavy atom. The summed E-state index contributed by atoms with van der Waals surface area (Å²) in [4.78, 5) is 16.4. The second kappa shape index (κ2) is 7.92. The van der Waals surface area contributed by atoms with E-state index in [1.165, 1.54) is 12.8 Å². The second-order valence-electron chi connectivity index (χ2n) is 6.63. The van der Waals surface area contributed by atoms with E-state index in [1.54, 1.807) is 11.3 Å². The molecular weight excluding hydrogens is 280 g/mol. The molecule has 0 bridgehead atoms. The maximum atomic E-state index is 12.0. The van der Waals surface area contributed by atoms with Crippen LogP contribution >= 0.6 is 11.3 Å². The van der Waals surface area contributed by atoms with E-state index in [4.69, 9.17) is 0 Å². The summed E-state index contributed by atoms with van der Waals surface area (Å²) < 4.78 is 0. The zero-order chi connectivity index (χ0) is 15.2. The summed E-state index contributed by atoms with van der Waals surface area (Å²) in [5.41, 5.74) is 1.13. The summed E-state index contributed by atoms with van der Waals surface area (Å²) in [6.07, 6.45) is 7.27. The van der Waals surface area contributed by atoms with Gasteiger partial charge in [0.25, 0.3) is 0 Å². The molecule has 1 fully saturated rings. The Labute approximate surface area is 132 Å². The fourth-order valence-electron chi connectivity index (χ4n) is 3.18. The molecule has 0 spiro atoms. The van der Waals surface area contributed by atoms with Gasteiger partial charge in [-0.3, -0.25) is 4.79 Å². The first-order chi connectivity index (χ1) is 10.0. The molecule has 1 aromatic heterocycles. The number of aromatic nitrogens is 1. The van der Waals surface area contributed by atoms with Gasteiger partial charge in [0, 0.05) is 17.8 Å². The van der Waals surface area contributed by atoms with E-state index in [1.807, 2.05) is 6.92 Å². The Morgan fingerprint density at radius 1 is 1.38 bits per heavy atom. The molecule has 1 heterocycles. The molecule has 4 heteroatoms. The summed E-state index contributed by atoms with van der Waals surface area (Å²) in [6, 6.07) is 0.411. The summed E-state index contributed by atoms with van der Waals surface area (Å²) in [5.74, 6) is 1.85. The van der Waals surface area contributed by atoms with Crippen LogP contribution in [0.15, 0.2) is 5.38 Å². The number of thiazole rings is 1. The summed E-state index contributed by atoms with van der Waals surface area (Å²) >= 11 is 1.68. The fourth-order valence-corrected chi connectivity index (χ4v) is 3.83. The second-order valence-corrected chi connectivity index (χ2v) is 7.70. The van der Waals surface area contributed by atoms with Crippen molar-refractivity contribution in [1.82, 2.24) is 10.3 Å². The first kappa shape index (κ1) is 16.5. The number of carbonyl (C=O) groups is 1. The van der Waals surface area contributed by atoms with Crippen molar-refractivity contribution in [3.63, 3.8) is 0 Å². The Kier molecular flexibility index (Phi) is 6.22. The molecular formula is C17H28N2OS. The highest BCUT2D eigenvalue weighted by Crippen LogP contribution is 2.29. The highest BCUT2D eigenvalue weighted by atomic mass is 32.1. The average molecular weight is 308 g/mol. The number of amides is 1. The van der Waals surface area contributed by atoms with Crippen molar-refractivity contribution in [2.24, 2.45) is 11.8 Å². The normalized spacial score (nSPS) is 22.5. The van der Waals surface area contributed by atoms with Crippen LogP contribution in [0.25, 0.3) is 0 Å². The maximum absolute atomic E-state index is 12.0. The van der Waals surface area contributed by atoms with Crippen LogP contribution in [0.4, 0.5) is 0 Å². The molecule has 1 aliphatic carbocycles. The minimum Gasteiger partial charge on any atom is -0.353 e. The number of carbonyl (C=O) groups excluding carboxylic acids is 1. The lowest BCUT2D eigenvalue weighted by Crippen LogP contribution is -2.38. The highest BCUT2D eigenvalue weighted by molar-refractivity contribution is 7.09. The van der Waals surface area contributed by atoms with E-state index in [-0.39, 0.29) is 5.91 Å². The zero-order valence-corrected chi connectivity index (χ0v) is 14.3. The molecule has 1 aromatic rings. The number of nitrogens with one attached hydrogen (secondary N) is 1. The van der Waals surface area contributed by atoms with Crippen molar-refractivity contribution in [2.75, 3.05) is 0 Å². The van der Waals surface area contributed by atoms with Crippen LogP contribution in [-0.4, -0.2) is 16.9 Å². The average Bonchev–Trinajstić information content (AvgIpc) is 2.85. The van der Waals surface area contributed by atoms with Gasteiger partial charge in [-0.2, -0.15) is 0 Å². The van der Waals surface area contributed by atoms with Crippen molar-refractivity contribution in [2.45, 2.75) is 71.8 Å². The third-order valence-electron chi connectivity index (χ3n) is 4.58. The minimum atomic E-state index is 0.218. The van der Waals surface area contributed by atoms with Crippen molar-refractivity contribution >= 4 is 17.2 Å². The summed E-state index contributed by atoms with van der Waals surface area (Å²) in [6.45, 7) is 6.64. The molecule has 0 radical (unpaired) electrons. The van der Waals surface area contributed by atoms with Gasteiger partial charge in [0.15, 0.2) is 0 Å². The van der Waals surface area contributed by atoms with Crippen LogP contribution in [0.5, 0.6) is 0 Å². The van der Waals surface area contributed by atoms with E-state index in [2.05, 4.69) is 29.5 Å². The van der Waals surface area contributed by atoms with Crippen molar-refractivity contribution in [1.29, 1.82) is 0 Å². The van der Waals surface area contributed by atoms with E-state index < -0.39 is 0 Å². The topological polar surface area (TPSA) is 42.0 Å². The summed E-state index contributed by atoms with van der Waals surface area (Å²) in [5, 5.41) is 6.42. The first-order valence-electron chi connectivity index (χ1n) is 8.25. The van der Waals surface area contributed by atoms with Gasteiger partial charge in [-0.1, -0.05) is 13.8 Å². The third kappa shape index (κ3) is 5.42. The van der Waals surface area contributed by atoms with E-state index in [0.717, 1.165) is 48.2 Å². The predicted molar refractivity (Wildman–Crippen MR) is 88.5 cm³/mol. The molecule has 0 aliphatic heterocycles. The Hall–Kier alpha value is -0.900. The van der Waals surface area contributed by atoms with Crippen LogP contribution < -0.4 is 5.32 Å². The molecule has 2 rings (SSSR count). The number of hydrogen-bond donors (Lipinski definition) is 1. The molecule has 0 saturated heterocycles. The van der Waals surface area contributed by atoms with Crippen LogP contribution in [-0.2, 0) is 11.2 Å². The lowest BCUT2D eigenvalue weighted by molar-refractivity contribution is -0.122. The third-order valence-corrected chi connectivity index (χ3v) is 5.41. The smallest absolute Gasteiger partial charge is 0.220 e. The molecule has 21 heavy (non-hydrogen) atoms. The number of aryl methyl sites for hydroxylation is 2. The van der Waals surface area contributed by atoms with Crippen molar-refractivity contribution in [3.05, 3.63) is 16.1 Å². The van der Waals surface area contributed by atoms with Gasteiger partial charge in [0.1, 0.15) is 0 Å².